The second-order valence-electron chi connectivity index (χ2n) is 7.44. The van der Waals surface area contributed by atoms with Gasteiger partial charge in [0.2, 0.25) is 5.91 Å². The highest BCUT2D eigenvalue weighted by Crippen LogP contribution is 2.42. The number of benzene rings is 1. The van der Waals surface area contributed by atoms with Gasteiger partial charge >= 0.3 is 6.09 Å². The number of hydrogen-bond acceptors (Lipinski definition) is 5. The summed E-state index contributed by atoms with van der Waals surface area (Å²) in [5.74, 6) is 0.193. The Morgan fingerprint density at radius 3 is 2.42 bits per heavy atom. The summed E-state index contributed by atoms with van der Waals surface area (Å²) in [6.07, 6.45) is -0.374. The molecule has 26 heavy (non-hydrogen) atoms. The summed E-state index contributed by atoms with van der Waals surface area (Å²) in [5.41, 5.74) is 1.97. The molecule has 0 aromatic heterocycles. The molecule has 0 spiro atoms. The van der Waals surface area contributed by atoms with Crippen LogP contribution in [0.2, 0.25) is 0 Å². The van der Waals surface area contributed by atoms with Crippen molar-refractivity contribution in [3.63, 3.8) is 0 Å². The Kier molecular flexibility index (Phi) is 5.45. The van der Waals surface area contributed by atoms with E-state index in [0.29, 0.717) is 30.1 Å². The highest BCUT2D eigenvalue weighted by molar-refractivity contribution is 5.91. The van der Waals surface area contributed by atoms with Gasteiger partial charge in [-0.3, -0.25) is 4.79 Å². The molecule has 2 amide bonds. The third-order valence-electron chi connectivity index (χ3n) is 4.08. The van der Waals surface area contributed by atoms with Crippen molar-refractivity contribution >= 4 is 17.7 Å². The lowest BCUT2D eigenvalue weighted by atomic mass is 9.85. The van der Waals surface area contributed by atoms with Gasteiger partial charge in [0.05, 0.1) is 24.4 Å². The van der Waals surface area contributed by atoms with E-state index in [1.165, 1.54) is 14.0 Å². The summed E-state index contributed by atoms with van der Waals surface area (Å²) in [6, 6.07) is 3.95. The normalized spacial score (nSPS) is 14.3. The van der Waals surface area contributed by atoms with Crippen LogP contribution in [0.3, 0.4) is 0 Å². The smallest absolute Gasteiger partial charge is 0.410 e. The van der Waals surface area contributed by atoms with E-state index in [0.717, 1.165) is 11.1 Å². The van der Waals surface area contributed by atoms with Gasteiger partial charge in [0.1, 0.15) is 11.4 Å². The summed E-state index contributed by atoms with van der Waals surface area (Å²) in [5, 5.41) is 12.3. The Balaban J connectivity index is 2.32. The number of aryl methyl sites for hydroxylation is 1. The van der Waals surface area contributed by atoms with E-state index in [1.54, 1.807) is 11.0 Å². The van der Waals surface area contributed by atoms with Gasteiger partial charge in [-0.1, -0.05) is 0 Å². The summed E-state index contributed by atoms with van der Waals surface area (Å²) in [7, 11) is 1.50. The van der Waals surface area contributed by atoms with Crippen molar-refractivity contribution in [1.82, 2.24) is 4.90 Å². The minimum absolute atomic E-state index is 0.0560. The van der Waals surface area contributed by atoms with Crippen LogP contribution in [0.1, 0.15) is 50.3 Å². The van der Waals surface area contributed by atoms with Crippen LogP contribution >= 0.6 is 0 Å². The molecule has 0 atom stereocenters. The maximum absolute atomic E-state index is 12.2. The second-order valence-corrected chi connectivity index (χ2v) is 7.44. The number of methoxy groups -OCH3 is 1. The molecule has 0 aliphatic carbocycles. The van der Waals surface area contributed by atoms with E-state index in [-0.39, 0.29) is 17.9 Å². The minimum Gasteiger partial charge on any atom is -0.494 e. The number of ether oxygens (including phenoxy) is 2. The quantitative estimate of drug-likeness (QED) is 0.895. The van der Waals surface area contributed by atoms with Crippen LogP contribution in [0.15, 0.2) is 6.07 Å². The first-order chi connectivity index (χ1) is 12.1. The first-order valence-corrected chi connectivity index (χ1v) is 8.44. The number of carbonyl (C=O) groups excluding carboxylic acids is 2. The van der Waals surface area contributed by atoms with Gasteiger partial charge in [-0.15, -0.1) is 0 Å². The lowest BCUT2D eigenvalue weighted by Gasteiger charge is -2.41. The van der Waals surface area contributed by atoms with Crippen LogP contribution < -0.4 is 10.1 Å². The van der Waals surface area contributed by atoms with Crippen molar-refractivity contribution in [2.45, 2.75) is 46.1 Å². The second kappa shape index (κ2) is 7.24. The van der Waals surface area contributed by atoms with Gasteiger partial charge in [-0.2, -0.15) is 5.26 Å². The maximum atomic E-state index is 12.2. The zero-order chi connectivity index (χ0) is 19.6. The molecular formula is C19H25N3O4. The summed E-state index contributed by atoms with van der Waals surface area (Å²) < 4.78 is 10.9. The third-order valence-corrected chi connectivity index (χ3v) is 4.08. The molecule has 1 aliphatic rings. The Labute approximate surface area is 153 Å². The molecule has 7 nitrogen and oxygen atoms in total. The zero-order valence-corrected chi connectivity index (χ0v) is 16.1. The van der Waals surface area contributed by atoms with Gasteiger partial charge in [-0.05, 0) is 39.3 Å². The Morgan fingerprint density at radius 2 is 1.96 bits per heavy atom. The van der Waals surface area contributed by atoms with Crippen LogP contribution in [0.4, 0.5) is 10.5 Å². The molecule has 1 N–H and O–H groups in total. The van der Waals surface area contributed by atoms with Crippen molar-refractivity contribution in [2.24, 2.45) is 0 Å². The Hall–Kier alpha value is -2.75. The van der Waals surface area contributed by atoms with E-state index < -0.39 is 5.60 Å². The largest absolute Gasteiger partial charge is 0.494 e. The van der Waals surface area contributed by atoms with Gasteiger partial charge in [0.25, 0.3) is 0 Å². The minimum atomic E-state index is -0.556. The average molecular weight is 359 g/mol. The number of likely N-dealkylation sites (tertiary alicyclic amines) is 1. The molecule has 1 aromatic rings. The molecule has 1 aromatic carbocycles. The molecule has 1 heterocycles. The maximum Gasteiger partial charge on any atom is 0.410 e. The molecule has 140 valence electrons. The average Bonchev–Trinajstić information content (AvgIpc) is 2.43. The number of nitrogens with zero attached hydrogens (tertiary/aromatic N) is 2. The molecule has 1 saturated heterocycles. The molecule has 2 rings (SSSR count). The third kappa shape index (κ3) is 4.07. The van der Waals surface area contributed by atoms with Crippen LogP contribution in [0.5, 0.6) is 5.75 Å². The molecule has 7 heteroatoms. The van der Waals surface area contributed by atoms with Crippen molar-refractivity contribution in [2.75, 3.05) is 25.5 Å². The molecule has 0 unspecified atom stereocenters. The lowest BCUT2D eigenvalue weighted by Crippen LogP contribution is -2.50. The fourth-order valence-electron chi connectivity index (χ4n) is 3.00. The summed E-state index contributed by atoms with van der Waals surface area (Å²) in [6.45, 7) is 9.56. The van der Waals surface area contributed by atoms with E-state index in [1.807, 2.05) is 27.7 Å². The van der Waals surface area contributed by atoms with Crippen molar-refractivity contribution < 1.29 is 19.1 Å². The molecule has 1 fully saturated rings. The number of rotatable bonds is 3. The Morgan fingerprint density at radius 1 is 1.35 bits per heavy atom. The number of hydrogen-bond donors (Lipinski definition) is 1. The summed E-state index contributed by atoms with van der Waals surface area (Å²) in [4.78, 5) is 25.2. The topological polar surface area (TPSA) is 91.7 Å². The molecule has 0 saturated carbocycles. The number of nitrogens with one attached hydrogen (secondary N) is 1. The molecule has 1 aliphatic heterocycles. The number of anilines is 1. The molecule has 0 radical (unpaired) electrons. The predicted octanol–water partition coefficient (Wildman–Crippen LogP) is 3.17. The van der Waals surface area contributed by atoms with E-state index in [2.05, 4.69) is 11.4 Å². The van der Waals surface area contributed by atoms with E-state index >= 15 is 0 Å². The fraction of sp³-hybridized carbons (Fsp3) is 0.526. The fourth-order valence-corrected chi connectivity index (χ4v) is 3.00. The van der Waals surface area contributed by atoms with Crippen LogP contribution in [-0.4, -0.2) is 42.7 Å². The first-order valence-electron chi connectivity index (χ1n) is 8.44. The van der Waals surface area contributed by atoms with Gasteiger partial charge in [0, 0.05) is 31.5 Å². The number of carbonyl (C=O) groups is 2. The SMILES string of the molecule is COc1c(NC(C)=O)cc(C)c(C#N)c1C1CN(C(=O)OC(C)(C)C)C1. The van der Waals surface area contributed by atoms with Crippen LogP contribution in [0, 0.1) is 18.3 Å². The van der Waals surface area contributed by atoms with Crippen molar-refractivity contribution in [3.05, 3.63) is 22.8 Å². The monoisotopic (exact) mass is 359 g/mol. The lowest BCUT2D eigenvalue weighted by molar-refractivity contribution is -0.114. The van der Waals surface area contributed by atoms with Gasteiger partial charge < -0.3 is 19.7 Å². The van der Waals surface area contributed by atoms with Crippen LogP contribution in [0.25, 0.3) is 0 Å². The van der Waals surface area contributed by atoms with E-state index in [4.69, 9.17) is 9.47 Å². The van der Waals surface area contributed by atoms with Crippen molar-refractivity contribution in [1.29, 1.82) is 5.26 Å². The molecular weight excluding hydrogens is 334 g/mol. The zero-order valence-electron chi connectivity index (χ0n) is 16.1. The Bertz CT molecular complexity index is 768. The van der Waals surface area contributed by atoms with Crippen LogP contribution in [-0.2, 0) is 9.53 Å². The highest BCUT2D eigenvalue weighted by Gasteiger charge is 2.38. The predicted molar refractivity (Wildman–Crippen MR) is 97.3 cm³/mol. The van der Waals surface area contributed by atoms with Gasteiger partial charge in [0.15, 0.2) is 0 Å². The van der Waals surface area contributed by atoms with Gasteiger partial charge in [-0.25, -0.2) is 4.79 Å². The molecule has 0 bridgehead atoms. The highest BCUT2D eigenvalue weighted by atomic mass is 16.6. The number of amides is 2. The van der Waals surface area contributed by atoms with Crippen molar-refractivity contribution in [3.8, 4) is 11.8 Å². The number of nitriles is 1. The summed E-state index contributed by atoms with van der Waals surface area (Å²) >= 11 is 0. The first kappa shape index (κ1) is 19.6. The van der Waals surface area contributed by atoms with E-state index in [9.17, 15) is 14.9 Å². The standard InChI is InChI=1S/C19H25N3O4/c1-11-7-15(21-12(2)23)17(25-6)16(14(11)8-20)13-9-22(10-13)18(24)26-19(3,4)5/h7,13H,9-10H2,1-6H3,(H,21,23).